The lowest BCUT2D eigenvalue weighted by Gasteiger charge is -2.26. The number of morpholine rings is 1. The quantitative estimate of drug-likeness (QED) is 0.683. The highest BCUT2D eigenvalue weighted by molar-refractivity contribution is 5.89. The molecule has 0 radical (unpaired) electrons. The van der Waals surface area contributed by atoms with Crippen molar-refractivity contribution in [2.24, 2.45) is 0 Å². The van der Waals surface area contributed by atoms with Gasteiger partial charge in [0.1, 0.15) is 5.82 Å². The van der Waals surface area contributed by atoms with Gasteiger partial charge in [-0.05, 0) is 60.5 Å². The molecule has 1 aliphatic heterocycles. The van der Waals surface area contributed by atoms with Crippen molar-refractivity contribution in [3.05, 3.63) is 71.7 Å². The minimum absolute atomic E-state index is 0.0962. The monoisotopic (exact) mass is 407 g/mol. The van der Waals surface area contributed by atoms with Gasteiger partial charge in [0.15, 0.2) is 0 Å². The van der Waals surface area contributed by atoms with E-state index < -0.39 is 0 Å². The molecule has 1 fully saturated rings. The number of rotatable bonds is 5. The number of carbonyl (C=O) groups is 1. The maximum absolute atomic E-state index is 13.5. The fourth-order valence-corrected chi connectivity index (χ4v) is 3.88. The summed E-state index contributed by atoms with van der Waals surface area (Å²) in [4.78, 5) is 13.7. The molecule has 30 heavy (non-hydrogen) atoms. The molecule has 0 atom stereocenters. The van der Waals surface area contributed by atoms with Crippen LogP contribution in [0.5, 0.6) is 0 Å². The van der Waals surface area contributed by atoms with Crippen molar-refractivity contribution in [1.82, 2.24) is 9.47 Å². The number of hydrogen-bond donors (Lipinski definition) is 1. The highest BCUT2D eigenvalue weighted by Crippen LogP contribution is 2.31. The molecule has 1 saturated heterocycles. The van der Waals surface area contributed by atoms with Crippen LogP contribution in [0.1, 0.15) is 18.2 Å². The molecule has 2 heterocycles. The molecule has 3 aromatic rings. The average Bonchev–Trinajstić information content (AvgIpc) is 3.06. The summed E-state index contributed by atoms with van der Waals surface area (Å²) in [6.45, 7) is 7.80. The number of halogens is 1. The summed E-state index contributed by atoms with van der Waals surface area (Å²) in [7, 11) is 0. The molecule has 0 aliphatic carbocycles. The lowest BCUT2D eigenvalue weighted by molar-refractivity contribution is -0.114. The van der Waals surface area contributed by atoms with E-state index in [4.69, 9.17) is 4.74 Å². The maximum atomic E-state index is 13.5. The zero-order valence-electron chi connectivity index (χ0n) is 17.3. The zero-order chi connectivity index (χ0) is 21.1. The summed E-state index contributed by atoms with van der Waals surface area (Å²) in [5.74, 6) is -0.348. The Balaban J connectivity index is 1.74. The van der Waals surface area contributed by atoms with Gasteiger partial charge in [-0.15, -0.1) is 0 Å². The number of nitrogens with zero attached hydrogens (tertiary/aromatic N) is 2. The predicted octanol–water partition coefficient (Wildman–Crippen LogP) is 4.38. The number of aromatic nitrogens is 1. The first-order valence-corrected chi connectivity index (χ1v) is 10.2. The number of hydrogen-bond acceptors (Lipinski definition) is 3. The van der Waals surface area contributed by atoms with Crippen molar-refractivity contribution in [1.29, 1.82) is 0 Å². The third-order valence-corrected chi connectivity index (χ3v) is 5.44. The minimum atomic E-state index is -0.252. The van der Waals surface area contributed by atoms with Crippen molar-refractivity contribution >= 4 is 11.6 Å². The van der Waals surface area contributed by atoms with Crippen LogP contribution in [0.3, 0.4) is 0 Å². The van der Waals surface area contributed by atoms with E-state index in [1.807, 2.05) is 24.3 Å². The average molecular weight is 407 g/mol. The normalized spacial score (nSPS) is 14.6. The van der Waals surface area contributed by atoms with Crippen LogP contribution in [0, 0.1) is 12.7 Å². The molecule has 1 N–H and O–H groups in total. The Hall–Kier alpha value is -2.96. The fourth-order valence-electron chi connectivity index (χ4n) is 3.88. The van der Waals surface area contributed by atoms with E-state index in [9.17, 15) is 9.18 Å². The van der Waals surface area contributed by atoms with E-state index in [0.29, 0.717) is 0 Å². The molecule has 1 amide bonds. The predicted molar refractivity (Wildman–Crippen MR) is 116 cm³/mol. The number of benzene rings is 2. The highest BCUT2D eigenvalue weighted by atomic mass is 19.1. The Morgan fingerprint density at radius 3 is 2.37 bits per heavy atom. The Labute approximate surface area is 176 Å². The maximum Gasteiger partial charge on any atom is 0.221 e. The Morgan fingerprint density at radius 2 is 1.73 bits per heavy atom. The third kappa shape index (κ3) is 4.45. The first-order chi connectivity index (χ1) is 14.5. The Morgan fingerprint density at radius 1 is 1.07 bits per heavy atom. The van der Waals surface area contributed by atoms with E-state index in [0.717, 1.165) is 61.2 Å². The zero-order valence-corrected chi connectivity index (χ0v) is 17.3. The molecular weight excluding hydrogens is 381 g/mol. The summed E-state index contributed by atoms with van der Waals surface area (Å²) in [6, 6.07) is 16.6. The molecular formula is C24H26FN3O2. The van der Waals surface area contributed by atoms with Crippen LogP contribution >= 0.6 is 0 Å². The summed E-state index contributed by atoms with van der Waals surface area (Å²) >= 11 is 0. The SMILES string of the molecule is CC(=O)Nc1ccc(-c2cc(CN3CCOCC3)c(C)n2-c2ccc(F)cc2)cc1. The van der Waals surface area contributed by atoms with Gasteiger partial charge in [-0.3, -0.25) is 9.69 Å². The second kappa shape index (κ2) is 8.81. The fraction of sp³-hybridized carbons (Fsp3) is 0.292. The number of anilines is 1. The van der Waals surface area contributed by atoms with Crippen molar-refractivity contribution < 1.29 is 13.9 Å². The van der Waals surface area contributed by atoms with Crippen LogP contribution in [0.4, 0.5) is 10.1 Å². The van der Waals surface area contributed by atoms with Crippen molar-refractivity contribution in [2.45, 2.75) is 20.4 Å². The molecule has 2 aromatic carbocycles. The largest absolute Gasteiger partial charge is 0.379 e. The number of ether oxygens (including phenoxy) is 1. The molecule has 0 saturated carbocycles. The van der Waals surface area contributed by atoms with E-state index in [1.165, 1.54) is 24.6 Å². The summed E-state index contributed by atoms with van der Waals surface area (Å²) in [6.07, 6.45) is 0. The van der Waals surface area contributed by atoms with Crippen LogP contribution in [0.15, 0.2) is 54.6 Å². The first kappa shape index (κ1) is 20.3. The molecule has 1 aliphatic rings. The van der Waals surface area contributed by atoms with Crippen LogP contribution in [-0.4, -0.2) is 41.7 Å². The minimum Gasteiger partial charge on any atom is -0.379 e. The molecule has 0 unspecified atom stereocenters. The molecule has 156 valence electrons. The van der Waals surface area contributed by atoms with Crippen molar-refractivity contribution in [2.75, 3.05) is 31.6 Å². The number of carbonyl (C=O) groups excluding carboxylic acids is 1. The molecule has 6 heteroatoms. The number of nitrogens with one attached hydrogen (secondary N) is 1. The topological polar surface area (TPSA) is 46.5 Å². The first-order valence-electron chi connectivity index (χ1n) is 10.2. The highest BCUT2D eigenvalue weighted by Gasteiger charge is 2.18. The summed E-state index contributed by atoms with van der Waals surface area (Å²) in [5, 5.41) is 2.80. The molecule has 0 bridgehead atoms. The van der Waals surface area contributed by atoms with Gasteiger partial charge in [0.2, 0.25) is 5.91 Å². The van der Waals surface area contributed by atoms with E-state index in [2.05, 4.69) is 27.8 Å². The smallest absolute Gasteiger partial charge is 0.221 e. The van der Waals surface area contributed by atoms with Gasteiger partial charge >= 0.3 is 0 Å². The van der Waals surface area contributed by atoms with Gasteiger partial charge in [-0.1, -0.05) is 12.1 Å². The summed E-state index contributed by atoms with van der Waals surface area (Å²) < 4.78 is 21.2. The van der Waals surface area contributed by atoms with Gasteiger partial charge in [-0.2, -0.15) is 0 Å². The van der Waals surface area contributed by atoms with Crippen LogP contribution in [0.25, 0.3) is 16.9 Å². The van der Waals surface area contributed by atoms with Gasteiger partial charge < -0.3 is 14.6 Å². The van der Waals surface area contributed by atoms with Crippen LogP contribution in [-0.2, 0) is 16.1 Å². The molecule has 5 nitrogen and oxygen atoms in total. The van der Waals surface area contributed by atoms with Crippen LogP contribution < -0.4 is 5.32 Å². The second-order valence-electron chi connectivity index (χ2n) is 7.60. The van der Waals surface area contributed by atoms with Crippen molar-refractivity contribution in [3.63, 3.8) is 0 Å². The van der Waals surface area contributed by atoms with Gasteiger partial charge in [0.25, 0.3) is 0 Å². The summed E-state index contributed by atoms with van der Waals surface area (Å²) in [5.41, 5.74) is 6.12. The van der Waals surface area contributed by atoms with Crippen molar-refractivity contribution in [3.8, 4) is 16.9 Å². The molecule has 4 rings (SSSR count). The van der Waals surface area contributed by atoms with E-state index in [1.54, 1.807) is 12.1 Å². The van der Waals surface area contributed by atoms with E-state index >= 15 is 0 Å². The molecule has 0 spiro atoms. The lowest BCUT2D eigenvalue weighted by Crippen LogP contribution is -2.35. The molecule has 1 aromatic heterocycles. The van der Waals surface area contributed by atoms with Crippen LogP contribution in [0.2, 0.25) is 0 Å². The second-order valence-corrected chi connectivity index (χ2v) is 7.60. The Bertz CT molecular complexity index is 1020. The number of amides is 1. The van der Waals surface area contributed by atoms with Gasteiger partial charge in [-0.25, -0.2) is 4.39 Å². The van der Waals surface area contributed by atoms with Gasteiger partial charge in [0.05, 0.1) is 18.9 Å². The Kier molecular flexibility index (Phi) is 5.97. The lowest BCUT2D eigenvalue weighted by atomic mass is 10.1. The van der Waals surface area contributed by atoms with Gasteiger partial charge in [0, 0.05) is 43.6 Å². The standard InChI is InChI=1S/C24H26FN3O2/c1-17-20(16-27-11-13-30-14-12-27)15-24(28(17)23-9-5-21(25)6-10-23)19-3-7-22(8-4-19)26-18(2)29/h3-10,15H,11-14,16H2,1-2H3,(H,26,29). The van der Waals surface area contributed by atoms with E-state index in [-0.39, 0.29) is 11.7 Å². The third-order valence-electron chi connectivity index (χ3n) is 5.44.